The summed E-state index contributed by atoms with van der Waals surface area (Å²) >= 11 is 0. The normalized spacial score (nSPS) is 43.0. The quantitative estimate of drug-likeness (QED) is 0.664. The Kier molecular flexibility index (Phi) is 1.56. The maximum atomic E-state index is 12.0. The molecule has 0 aromatic rings. The SMILES string of the molecule is CC1(N)CN(C(=O)C2CC3CC3C2)C1. The zero-order chi connectivity index (χ0) is 9.92. The van der Waals surface area contributed by atoms with Gasteiger partial charge in [-0.05, 0) is 38.0 Å². The molecule has 0 radical (unpaired) electrons. The van der Waals surface area contributed by atoms with Crippen molar-refractivity contribution in [3.63, 3.8) is 0 Å². The molecule has 3 nitrogen and oxygen atoms in total. The Morgan fingerprint density at radius 1 is 1.29 bits per heavy atom. The number of hydrogen-bond donors (Lipinski definition) is 1. The summed E-state index contributed by atoms with van der Waals surface area (Å²) in [7, 11) is 0. The van der Waals surface area contributed by atoms with Gasteiger partial charge in [0, 0.05) is 24.5 Å². The Morgan fingerprint density at radius 2 is 1.86 bits per heavy atom. The Bertz CT molecular complexity index is 269. The zero-order valence-corrected chi connectivity index (χ0v) is 8.70. The van der Waals surface area contributed by atoms with Crippen LogP contribution in [0, 0.1) is 17.8 Å². The zero-order valence-electron chi connectivity index (χ0n) is 8.70. The topological polar surface area (TPSA) is 46.3 Å². The summed E-state index contributed by atoms with van der Waals surface area (Å²) in [6.45, 7) is 3.54. The molecule has 78 valence electrons. The van der Waals surface area contributed by atoms with Gasteiger partial charge in [-0.1, -0.05) is 0 Å². The van der Waals surface area contributed by atoms with E-state index < -0.39 is 0 Å². The van der Waals surface area contributed by atoms with Gasteiger partial charge in [-0.15, -0.1) is 0 Å². The second-order valence-electron chi connectivity index (χ2n) is 5.77. The van der Waals surface area contributed by atoms with E-state index in [9.17, 15) is 4.79 Å². The van der Waals surface area contributed by atoms with Crippen LogP contribution >= 0.6 is 0 Å². The van der Waals surface area contributed by atoms with E-state index in [1.54, 1.807) is 0 Å². The summed E-state index contributed by atoms with van der Waals surface area (Å²) < 4.78 is 0. The van der Waals surface area contributed by atoms with Crippen molar-refractivity contribution in [2.45, 2.75) is 31.7 Å². The largest absolute Gasteiger partial charge is 0.339 e. The third-order valence-corrected chi connectivity index (χ3v) is 4.01. The van der Waals surface area contributed by atoms with Crippen molar-refractivity contribution >= 4 is 5.91 Å². The van der Waals surface area contributed by atoms with Crippen LogP contribution < -0.4 is 5.73 Å². The van der Waals surface area contributed by atoms with E-state index in [1.807, 2.05) is 11.8 Å². The maximum absolute atomic E-state index is 12.0. The average Bonchev–Trinajstić information content (AvgIpc) is 2.68. The highest BCUT2D eigenvalue weighted by Gasteiger charge is 2.50. The number of amides is 1. The molecule has 3 rings (SSSR count). The summed E-state index contributed by atoms with van der Waals surface area (Å²) in [5, 5.41) is 0. The first-order valence-corrected chi connectivity index (χ1v) is 5.63. The van der Waals surface area contributed by atoms with Gasteiger partial charge >= 0.3 is 0 Å². The van der Waals surface area contributed by atoms with Gasteiger partial charge in [0.25, 0.3) is 0 Å². The van der Waals surface area contributed by atoms with Crippen LogP contribution in [0.2, 0.25) is 0 Å². The highest BCUT2D eigenvalue weighted by molar-refractivity contribution is 5.80. The molecule has 3 heteroatoms. The second-order valence-corrected chi connectivity index (χ2v) is 5.77. The molecule has 2 atom stereocenters. The van der Waals surface area contributed by atoms with Gasteiger partial charge in [0.05, 0.1) is 0 Å². The lowest BCUT2D eigenvalue weighted by atomic mass is 9.91. The van der Waals surface area contributed by atoms with Crippen LogP contribution in [-0.4, -0.2) is 29.4 Å². The molecule has 3 fully saturated rings. The van der Waals surface area contributed by atoms with Gasteiger partial charge in [-0.25, -0.2) is 0 Å². The molecular weight excluding hydrogens is 176 g/mol. The monoisotopic (exact) mass is 194 g/mol. The molecule has 2 saturated carbocycles. The van der Waals surface area contributed by atoms with Crippen molar-refractivity contribution in [1.82, 2.24) is 4.90 Å². The van der Waals surface area contributed by atoms with Crippen molar-refractivity contribution in [2.75, 3.05) is 13.1 Å². The Balaban J connectivity index is 1.56. The minimum Gasteiger partial charge on any atom is -0.339 e. The van der Waals surface area contributed by atoms with E-state index in [4.69, 9.17) is 5.73 Å². The van der Waals surface area contributed by atoms with Gasteiger partial charge in [0.2, 0.25) is 5.91 Å². The van der Waals surface area contributed by atoms with Crippen LogP contribution in [0.4, 0.5) is 0 Å². The summed E-state index contributed by atoms with van der Waals surface area (Å²) in [5.74, 6) is 2.51. The van der Waals surface area contributed by atoms with Crippen LogP contribution in [-0.2, 0) is 4.79 Å². The maximum Gasteiger partial charge on any atom is 0.225 e. The van der Waals surface area contributed by atoms with E-state index in [-0.39, 0.29) is 5.54 Å². The minimum absolute atomic E-state index is 0.114. The van der Waals surface area contributed by atoms with Gasteiger partial charge in [0.15, 0.2) is 0 Å². The van der Waals surface area contributed by atoms with E-state index in [1.165, 1.54) is 6.42 Å². The lowest BCUT2D eigenvalue weighted by Gasteiger charge is -2.46. The third kappa shape index (κ3) is 1.26. The van der Waals surface area contributed by atoms with Gasteiger partial charge in [0.1, 0.15) is 0 Å². The molecule has 0 aromatic carbocycles. The molecule has 0 bridgehead atoms. The first-order valence-electron chi connectivity index (χ1n) is 5.63. The predicted octanol–water partition coefficient (Wildman–Crippen LogP) is 0.592. The number of nitrogens with two attached hydrogens (primary N) is 1. The Hall–Kier alpha value is -0.570. The molecule has 1 amide bonds. The van der Waals surface area contributed by atoms with Crippen molar-refractivity contribution < 1.29 is 4.79 Å². The average molecular weight is 194 g/mol. The third-order valence-electron chi connectivity index (χ3n) is 4.01. The van der Waals surface area contributed by atoms with E-state index >= 15 is 0 Å². The van der Waals surface area contributed by atoms with Gasteiger partial charge < -0.3 is 10.6 Å². The fourth-order valence-corrected chi connectivity index (χ4v) is 3.16. The fourth-order valence-electron chi connectivity index (χ4n) is 3.16. The highest BCUT2D eigenvalue weighted by atomic mass is 16.2. The number of likely N-dealkylation sites (tertiary alicyclic amines) is 1. The van der Waals surface area contributed by atoms with E-state index in [0.717, 1.165) is 37.8 Å². The molecule has 2 N–H and O–H groups in total. The molecule has 2 aliphatic carbocycles. The summed E-state index contributed by atoms with van der Waals surface area (Å²) in [6, 6.07) is 0. The van der Waals surface area contributed by atoms with E-state index in [2.05, 4.69) is 0 Å². The van der Waals surface area contributed by atoms with Crippen molar-refractivity contribution in [2.24, 2.45) is 23.5 Å². The van der Waals surface area contributed by atoms with Crippen molar-refractivity contribution in [3.8, 4) is 0 Å². The first-order chi connectivity index (χ1) is 6.55. The van der Waals surface area contributed by atoms with Crippen LogP contribution in [0.15, 0.2) is 0 Å². The smallest absolute Gasteiger partial charge is 0.225 e. The molecule has 0 spiro atoms. The number of hydrogen-bond acceptors (Lipinski definition) is 2. The molecule has 14 heavy (non-hydrogen) atoms. The molecule has 1 heterocycles. The van der Waals surface area contributed by atoms with Gasteiger partial charge in [-0.3, -0.25) is 4.79 Å². The van der Waals surface area contributed by atoms with Crippen LogP contribution in [0.3, 0.4) is 0 Å². The molecule has 1 saturated heterocycles. The fraction of sp³-hybridized carbons (Fsp3) is 0.909. The van der Waals surface area contributed by atoms with E-state index in [0.29, 0.717) is 11.8 Å². The van der Waals surface area contributed by atoms with Crippen LogP contribution in [0.5, 0.6) is 0 Å². The Labute approximate surface area is 84.6 Å². The first kappa shape index (κ1) is 8.72. The van der Waals surface area contributed by atoms with Crippen molar-refractivity contribution in [1.29, 1.82) is 0 Å². The number of carbonyl (C=O) groups excluding carboxylic acids is 1. The molecule has 3 aliphatic rings. The van der Waals surface area contributed by atoms with Crippen molar-refractivity contribution in [3.05, 3.63) is 0 Å². The van der Waals surface area contributed by atoms with Gasteiger partial charge in [-0.2, -0.15) is 0 Å². The number of rotatable bonds is 1. The van der Waals surface area contributed by atoms with Crippen LogP contribution in [0.1, 0.15) is 26.2 Å². The summed E-state index contributed by atoms with van der Waals surface area (Å²) in [5.41, 5.74) is 5.78. The number of nitrogens with zero attached hydrogens (tertiary/aromatic N) is 1. The molecule has 0 aromatic heterocycles. The lowest BCUT2D eigenvalue weighted by Crippen LogP contribution is -2.67. The van der Waals surface area contributed by atoms with Crippen LogP contribution in [0.25, 0.3) is 0 Å². The summed E-state index contributed by atoms with van der Waals surface area (Å²) in [4.78, 5) is 13.9. The summed E-state index contributed by atoms with van der Waals surface area (Å²) in [6.07, 6.45) is 3.70. The number of carbonyl (C=O) groups is 1. The predicted molar refractivity (Wildman–Crippen MR) is 53.5 cm³/mol. The second kappa shape index (κ2) is 2.51. The Morgan fingerprint density at radius 3 is 2.36 bits per heavy atom. The molecular formula is C11H18N2O. The number of fused-ring (bicyclic) bond motifs is 1. The minimum atomic E-state index is -0.114. The standard InChI is InChI=1S/C11H18N2O/c1-11(12)5-13(6-11)10(14)9-3-7-2-8(7)4-9/h7-9H,2-6,12H2,1H3. The lowest BCUT2D eigenvalue weighted by molar-refractivity contribution is -0.142. The molecule has 1 aliphatic heterocycles. The molecule has 2 unspecified atom stereocenters. The highest BCUT2D eigenvalue weighted by Crippen LogP contribution is 2.54.